The second-order valence-electron chi connectivity index (χ2n) is 7.80. The summed E-state index contributed by atoms with van der Waals surface area (Å²) in [5.74, 6) is 0.415. The predicted molar refractivity (Wildman–Crippen MR) is 128 cm³/mol. The van der Waals surface area contributed by atoms with E-state index in [1.165, 1.54) is 22.4 Å². The molecule has 5 nitrogen and oxygen atoms in total. The molecule has 5 rings (SSSR count). The average molecular weight is 511 g/mol. The lowest BCUT2D eigenvalue weighted by Crippen LogP contribution is -2.10. The van der Waals surface area contributed by atoms with E-state index >= 15 is 0 Å². The molecule has 0 saturated carbocycles. The Balaban J connectivity index is 1.39. The normalized spacial score (nSPS) is 13.7. The van der Waals surface area contributed by atoms with Crippen LogP contribution < -0.4 is 0 Å². The number of aryl methyl sites for hydroxylation is 1. The van der Waals surface area contributed by atoms with Crippen molar-refractivity contribution in [2.24, 2.45) is 4.99 Å². The molecule has 0 bridgehead atoms. The number of rotatable bonds is 5. The van der Waals surface area contributed by atoms with Crippen molar-refractivity contribution >= 4 is 34.3 Å². The number of hydrogen-bond acceptors (Lipinski definition) is 7. The van der Waals surface area contributed by atoms with Crippen LogP contribution in [0.1, 0.15) is 40.3 Å². The summed E-state index contributed by atoms with van der Waals surface area (Å²) in [6.45, 7) is 0. The van der Waals surface area contributed by atoms with E-state index in [0.717, 1.165) is 49.1 Å². The van der Waals surface area contributed by atoms with Crippen LogP contribution in [0, 0.1) is 11.3 Å². The Kier molecular flexibility index (Phi) is 6.45. The van der Waals surface area contributed by atoms with Crippen LogP contribution in [0.15, 0.2) is 68.2 Å². The van der Waals surface area contributed by atoms with Gasteiger partial charge in [-0.2, -0.15) is 18.4 Å². The minimum Gasteiger partial charge on any atom is -0.448 e. The SMILES string of the molecule is N#Cc1c(N=Cc2ccc(Sc3nc(-c4ccccc4)cc(C(F)(F)F)n3)o2)sc2c1CCCC2. The molecule has 0 N–H and O–H groups in total. The second kappa shape index (κ2) is 9.68. The number of alkyl halides is 3. The van der Waals surface area contributed by atoms with E-state index < -0.39 is 11.9 Å². The minimum absolute atomic E-state index is 0.0748. The number of hydrogen-bond donors (Lipinski definition) is 0. The highest BCUT2D eigenvalue weighted by molar-refractivity contribution is 7.99. The molecule has 0 radical (unpaired) electrons. The summed E-state index contributed by atoms with van der Waals surface area (Å²) in [5, 5.41) is 10.5. The number of thiophene rings is 1. The fourth-order valence-corrected chi connectivity index (χ4v) is 5.73. The maximum absolute atomic E-state index is 13.5. The molecular weight excluding hydrogens is 493 g/mol. The molecule has 0 aliphatic heterocycles. The van der Waals surface area contributed by atoms with Crippen LogP contribution in [-0.4, -0.2) is 16.2 Å². The van der Waals surface area contributed by atoms with Crippen LogP contribution in [-0.2, 0) is 19.0 Å². The Bertz CT molecular complexity index is 1440. The number of fused-ring (bicyclic) bond motifs is 1. The van der Waals surface area contributed by atoms with Gasteiger partial charge in [0, 0.05) is 10.4 Å². The molecule has 1 aromatic carbocycles. The first-order valence-corrected chi connectivity index (χ1v) is 12.4. The molecule has 0 amide bonds. The molecule has 3 heterocycles. The highest BCUT2D eigenvalue weighted by Crippen LogP contribution is 2.39. The van der Waals surface area contributed by atoms with Crippen molar-refractivity contribution < 1.29 is 17.6 Å². The number of furan rings is 1. The summed E-state index contributed by atoms with van der Waals surface area (Å²) in [4.78, 5) is 13.7. The van der Waals surface area contributed by atoms with E-state index in [1.807, 2.05) is 0 Å². The van der Waals surface area contributed by atoms with Gasteiger partial charge in [0.25, 0.3) is 0 Å². The van der Waals surface area contributed by atoms with E-state index in [9.17, 15) is 18.4 Å². The van der Waals surface area contributed by atoms with Gasteiger partial charge in [-0.3, -0.25) is 0 Å². The molecule has 3 aromatic heterocycles. The van der Waals surface area contributed by atoms with Crippen LogP contribution in [0.2, 0.25) is 0 Å². The molecule has 10 heteroatoms. The lowest BCUT2D eigenvalue weighted by atomic mass is 9.96. The van der Waals surface area contributed by atoms with E-state index in [1.54, 1.807) is 42.5 Å². The molecule has 0 atom stereocenters. The van der Waals surface area contributed by atoms with E-state index in [-0.39, 0.29) is 10.9 Å². The molecular formula is C25H17F3N4OS2. The third-order valence-corrected chi connectivity index (χ3v) is 7.42. The summed E-state index contributed by atoms with van der Waals surface area (Å²) < 4.78 is 46.1. The molecule has 4 aromatic rings. The molecule has 176 valence electrons. The van der Waals surface area contributed by atoms with Gasteiger partial charge in [0.15, 0.2) is 10.2 Å². The van der Waals surface area contributed by atoms with Crippen LogP contribution >= 0.6 is 23.1 Å². The monoisotopic (exact) mass is 510 g/mol. The van der Waals surface area contributed by atoms with Gasteiger partial charge in [-0.25, -0.2) is 15.0 Å². The predicted octanol–water partition coefficient (Wildman–Crippen LogP) is 7.47. The first kappa shape index (κ1) is 23.3. The molecule has 1 aliphatic carbocycles. The average Bonchev–Trinajstić information content (AvgIpc) is 3.46. The minimum atomic E-state index is -4.61. The summed E-state index contributed by atoms with van der Waals surface area (Å²) in [5.41, 5.74) is 1.43. The Morgan fingerprint density at radius 3 is 2.66 bits per heavy atom. The largest absolute Gasteiger partial charge is 0.448 e. The molecule has 0 unspecified atom stereocenters. The molecule has 0 saturated heterocycles. The third-order valence-electron chi connectivity index (χ3n) is 5.43. The zero-order valence-corrected chi connectivity index (χ0v) is 19.8. The van der Waals surface area contributed by atoms with E-state index in [0.29, 0.717) is 27.0 Å². The first-order valence-electron chi connectivity index (χ1n) is 10.8. The quantitative estimate of drug-likeness (QED) is 0.206. The van der Waals surface area contributed by atoms with Crippen molar-refractivity contribution in [3.05, 3.63) is 76.0 Å². The number of halogens is 3. The second-order valence-corrected chi connectivity index (χ2v) is 9.86. The zero-order chi connectivity index (χ0) is 24.4. The molecule has 0 spiro atoms. The maximum Gasteiger partial charge on any atom is 0.433 e. The summed E-state index contributed by atoms with van der Waals surface area (Å²) in [6, 6.07) is 15.1. The van der Waals surface area contributed by atoms with Crippen molar-refractivity contribution in [1.29, 1.82) is 5.26 Å². The maximum atomic E-state index is 13.5. The van der Waals surface area contributed by atoms with Crippen molar-refractivity contribution in [3.63, 3.8) is 0 Å². The van der Waals surface area contributed by atoms with Crippen molar-refractivity contribution in [3.8, 4) is 17.3 Å². The fourth-order valence-electron chi connectivity index (χ4n) is 3.80. The highest BCUT2D eigenvalue weighted by Gasteiger charge is 2.34. The molecule has 0 fully saturated rings. The number of aliphatic imine (C=N–C) groups is 1. The summed E-state index contributed by atoms with van der Waals surface area (Å²) in [6.07, 6.45) is 0.959. The van der Waals surface area contributed by atoms with Crippen molar-refractivity contribution in [2.75, 3.05) is 0 Å². The van der Waals surface area contributed by atoms with E-state index in [4.69, 9.17) is 4.42 Å². The first-order chi connectivity index (χ1) is 16.9. The smallest absolute Gasteiger partial charge is 0.433 e. The van der Waals surface area contributed by atoms with Gasteiger partial charge in [0.2, 0.25) is 0 Å². The Labute approximate surface area is 207 Å². The van der Waals surface area contributed by atoms with Gasteiger partial charge in [0.1, 0.15) is 22.5 Å². The fraction of sp³-hybridized carbons (Fsp3) is 0.200. The topological polar surface area (TPSA) is 75.1 Å². The van der Waals surface area contributed by atoms with Crippen LogP contribution in [0.4, 0.5) is 18.2 Å². The molecule has 1 aliphatic rings. The van der Waals surface area contributed by atoms with Gasteiger partial charge >= 0.3 is 6.18 Å². The third kappa shape index (κ3) is 5.16. The number of benzene rings is 1. The summed E-state index contributed by atoms with van der Waals surface area (Å²) >= 11 is 2.42. The Hall–Kier alpha value is -3.42. The number of nitrogens with zero attached hydrogens (tertiary/aromatic N) is 4. The Morgan fingerprint density at radius 2 is 1.89 bits per heavy atom. The lowest BCUT2D eigenvalue weighted by Gasteiger charge is -2.09. The van der Waals surface area contributed by atoms with Crippen LogP contribution in [0.3, 0.4) is 0 Å². The van der Waals surface area contributed by atoms with Gasteiger partial charge < -0.3 is 4.42 Å². The van der Waals surface area contributed by atoms with Gasteiger partial charge in [-0.1, -0.05) is 30.3 Å². The number of aromatic nitrogens is 2. The van der Waals surface area contributed by atoms with Crippen LogP contribution in [0.25, 0.3) is 11.3 Å². The van der Waals surface area contributed by atoms with Crippen LogP contribution in [0.5, 0.6) is 0 Å². The van der Waals surface area contributed by atoms with Crippen molar-refractivity contribution in [1.82, 2.24) is 9.97 Å². The zero-order valence-electron chi connectivity index (χ0n) is 18.2. The summed E-state index contributed by atoms with van der Waals surface area (Å²) in [7, 11) is 0. The van der Waals surface area contributed by atoms with Gasteiger partial charge in [-0.15, -0.1) is 11.3 Å². The standard InChI is InChI=1S/C25H17F3N4OS2/c26-25(27,28)21-12-19(15-6-2-1-3-7-15)31-24(32-21)35-22-11-10-16(33-22)14-30-23-18(13-29)17-8-4-5-9-20(17)34-23/h1-3,6-7,10-12,14H,4-5,8-9H2. The van der Waals surface area contributed by atoms with Gasteiger partial charge in [-0.05, 0) is 61.2 Å². The van der Waals surface area contributed by atoms with Crippen molar-refractivity contribution in [2.45, 2.75) is 42.1 Å². The Morgan fingerprint density at radius 1 is 1.09 bits per heavy atom. The van der Waals surface area contributed by atoms with Gasteiger partial charge in [0.05, 0.1) is 17.5 Å². The number of nitriles is 1. The molecule has 35 heavy (non-hydrogen) atoms. The van der Waals surface area contributed by atoms with E-state index in [2.05, 4.69) is 21.0 Å². The lowest BCUT2D eigenvalue weighted by molar-refractivity contribution is -0.141. The highest BCUT2D eigenvalue weighted by atomic mass is 32.2.